The van der Waals surface area contributed by atoms with Gasteiger partial charge in [0.1, 0.15) is 0 Å². The molecule has 1 nitrogen and oxygen atoms in total. The molecule has 0 aliphatic heterocycles. The summed E-state index contributed by atoms with van der Waals surface area (Å²) in [4.78, 5) is 4.79. The maximum atomic E-state index is 4.79. The van der Waals surface area contributed by atoms with Crippen molar-refractivity contribution >= 4 is 37.7 Å². The molecule has 0 saturated heterocycles. The fourth-order valence-corrected chi connectivity index (χ4v) is 3.36. The summed E-state index contributed by atoms with van der Waals surface area (Å²) < 4.78 is 1.08. The first-order valence-electron chi connectivity index (χ1n) is 6.87. The number of rotatable bonds is 1. The Hall–Kier alpha value is -2.19. The standard InChI is InChI=1S/C19H12BrN/c20-15-10-6-12-17-19(15)18(13-7-2-1-3-8-13)14-9-4-5-11-16(14)21-17/h1-12H. The molecule has 4 rings (SSSR count). The number of nitrogens with zero attached hydrogens (tertiary/aromatic N) is 1. The van der Waals surface area contributed by atoms with Gasteiger partial charge in [-0.1, -0.05) is 70.5 Å². The zero-order valence-corrected chi connectivity index (χ0v) is 12.8. The monoisotopic (exact) mass is 333 g/mol. The van der Waals surface area contributed by atoms with Crippen molar-refractivity contribution in [3.8, 4) is 11.1 Å². The van der Waals surface area contributed by atoms with Crippen molar-refractivity contribution in [2.24, 2.45) is 0 Å². The second-order valence-corrected chi connectivity index (χ2v) is 5.86. The Morgan fingerprint density at radius 3 is 2.24 bits per heavy atom. The lowest BCUT2D eigenvalue weighted by Crippen LogP contribution is -1.89. The van der Waals surface area contributed by atoms with Crippen molar-refractivity contribution in [3.63, 3.8) is 0 Å². The first kappa shape index (κ1) is 12.5. The Morgan fingerprint density at radius 1 is 0.667 bits per heavy atom. The second-order valence-electron chi connectivity index (χ2n) is 5.00. The lowest BCUT2D eigenvalue weighted by molar-refractivity contribution is 1.49. The van der Waals surface area contributed by atoms with Gasteiger partial charge >= 0.3 is 0 Å². The van der Waals surface area contributed by atoms with E-state index in [1.54, 1.807) is 0 Å². The van der Waals surface area contributed by atoms with E-state index < -0.39 is 0 Å². The third-order valence-corrected chi connectivity index (χ3v) is 4.38. The highest BCUT2D eigenvalue weighted by atomic mass is 79.9. The fraction of sp³-hybridized carbons (Fsp3) is 0. The molecule has 3 aromatic carbocycles. The van der Waals surface area contributed by atoms with E-state index in [0.29, 0.717) is 0 Å². The van der Waals surface area contributed by atoms with E-state index in [1.807, 2.05) is 18.2 Å². The van der Waals surface area contributed by atoms with Gasteiger partial charge in [-0.2, -0.15) is 0 Å². The number of aromatic nitrogens is 1. The highest BCUT2D eigenvalue weighted by Gasteiger charge is 2.12. The number of benzene rings is 3. The largest absolute Gasteiger partial charge is 0.248 e. The number of hydrogen-bond donors (Lipinski definition) is 0. The quantitative estimate of drug-likeness (QED) is 0.400. The fourth-order valence-electron chi connectivity index (χ4n) is 2.81. The summed E-state index contributed by atoms with van der Waals surface area (Å²) >= 11 is 3.69. The molecule has 1 aromatic heterocycles. The number of hydrogen-bond acceptors (Lipinski definition) is 1. The molecule has 0 radical (unpaired) electrons. The topological polar surface area (TPSA) is 12.9 Å². The van der Waals surface area contributed by atoms with Crippen molar-refractivity contribution in [1.29, 1.82) is 0 Å². The van der Waals surface area contributed by atoms with Crippen LogP contribution in [0.15, 0.2) is 77.3 Å². The van der Waals surface area contributed by atoms with Gasteiger partial charge < -0.3 is 0 Å². The van der Waals surface area contributed by atoms with E-state index in [1.165, 1.54) is 21.9 Å². The number of halogens is 1. The smallest absolute Gasteiger partial charge is 0.0727 e. The lowest BCUT2D eigenvalue weighted by atomic mass is 9.96. The summed E-state index contributed by atoms with van der Waals surface area (Å²) in [7, 11) is 0. The van der Waals surface area contributed by atoms with Crippen LogP contribution >= 0.6 is 15.9 Å². The molecule has 0 fully saturated rings. The molecule has 2 heteroatoms. The van der Waals surface area contributed by atoms with E-state index in [-0.39, 0.29) is 0 Å². The zero-order valence-electron chi connectivity index (χ0n) is 11.3. The van der Waals surface area contributed by atoms with Crippen molar-refractivity contribution in [3.05, 3.63) is 77.3 Å². The highest BCUT2D eigenvalue weighted by molar-refractivity contribution is 9.10. The van der Waals surface area contributed by atoms with Gasteiger partial charge in [0.15, 0.2) is 0 Å². The van der Waals surface area contributed by atoms with Crippen LogP contribution in [-0.4, -0.2) is 4.98 Å². The minimum atomic E-state index is 1.02. The average molecular weight is 334 g/mol. The van der Waals surface area contributed by atoms with E-state index >= 15 is 0 Å². The van der Waals surface area contributed by atoms with E-state index in [2.05, 4.69) is 70.5 Å². The van der Waals surface area contributed by atoms with Gasteiger partial charge in [0.05, 0.1) is 11.0 Å². The zero-order chi connectivity index (χ0) is 14.2. The van der Waals surface area contributed by atoms with E-state index in [9.17, 15) is 0 Å². The minimum Gasteiger partial charge on any atom is -0.248 e. The van der Waals surface area contributed by atoms with Crippen LogP contribution in [0.25, 0.3) is 32.9 Å². The van der Waals surface area contributed by atoms with Crippen LogP contribution in [0.3, 0.4) is 0 Å². The molecule has 0 atom stereocenters. The molecule has 0 aliphatic rings. The Kier molecular flexibility index (Phi) is 2.97. The first-order chi connectivity index (χ1) is 10.3. The number of fused-ring (bicyclic) bond motifs is 2. The van der Waals surface area contributed by atoms with Crippen LogP contribution in [0.2, 0.25) is 0 Å². The Labute approximate surface area is 131 Å². The van der Waals surface area contributed by atoms with Crippen molar-refractivity contribution in [1.82, 2.24) is 4.98 Å². The lowest BCUT2D eigenvalue weighted by Gasteiger charge is -2.12. The molecule has 0 amide bonds. The first-order valence-corrected chi connectivity index (χ1v) is 7.66. The maximum absolute atomic E-state index is 4.79. The molecule has 0 spiro atoms. The Morgan fingerprint density at radius 2 is 1.38 bits per heavy atom. The van der Waals surface area contributed by atoms with E-state index in [4.69, 9.17) is 4.98 Å². The van der Waals surface area contributed by atoms with Gasteiger partial charge in [-0.25, -0.2) is 4.98 Å². The minimum absolute atomic E-state index is 1.02. The van der Waals surface area contributed by atoms with Crippen molar-refractivity contribution in [2.45, 2.75) is 0 Å². The molecular formula is C19H12BrN. The van der Waals surface area contributed by atoms with Gasteiger partial charge in [0, 0.05) is 20.8 Å². The Bertz CT molecular complexity index is 945. The molecule has 0 unspecified atom stereocenters. The van der Waals surface area contributed by atoms with Crippen LogP contribution in [0, 0.1) is 0 Å². The molecule has 0 aliphatic carbocycles. The summed E-state index contributed by atoms with van der Waals surface area (Å²) in [6, 6.07) is 25.0. The van der Waals surface area contributed by atoms with Crippen molar-refractivity contribution < 1.29 is 0 Å². The third kappa shape index (κ3) is 2.03. The SMILES string of the molecule is Brc1cccc2nc3ccccc3c(-c3ccccc3)c12. The van der Waals surface area contributed by atoms with Crippen molar-refractivity contribution in [2.75, 3.05) is 0 Å². The number of para-hydroxylation sites is 1. The van der Waals surface area contributed by atoms with E-state index in [0.717, 1.165) is 15.5 Å². The van der Waals surface area contributed by atoms with Gasteiger partial charge in [0.25, 0.3) is 0 Å². The summed E-state index contributed by atoms with van der Waals surface area (Å²) in [6.07, 6.45) is 0. The molecule has 0 bridgehead atoms. The molecule has 4 aromatic rings. The predicted molar refractivity (Wildman–Crippen MR) is 92.4 cm³/mol. The van der Waals surface area contributed by atoms with Gasteiger partial charge in [-0.05, 0) is 23.8 Å². The molecular weight excluding hydrogens is 322 g/mol. The second kappa shape index (κ2) is 4.97. The molecule has 100 valence electrons. The van der Waals surface area contributed by atoms with Crippen LogP contribution in [0.5, 0.6) is 0 Å². The van der Waals surface area contributed by atoms with Crippen LogP contribution < -0.4 is 0 Å². The summed E-state index contributed by atoms with van der Waals surface area (Å²) in [6.45, 7) is 0. The normalized spacial score (nSPS) is 11.1. The molecule has 21 heavy (non-hydrogen) atoms. The summed E-state index contributed by atoms with van der Waals surface area (Å²) in [5.74, 6) is 0. The average Bonchev–Trinajstić information content (AvgIpc) is 2.54. The molecule has 0 saturated carbocycles. The number of pyridine rings is 1. The summed E-state index contributed by atoms with van der Waals surface area (Å²) in [5.41, 5.74) is 4.50. The highest BCUT2D eigenvalue weighted by Crippen LogP contribution is 2.38. The van der Waals surface area contributed by atoms with Crippen LogP contribution in [-0.2, 0) is 0 Å². The third-order valence-electron chi connectivity index (χ3n) is 3.72. The van der Waals surface area contributed by atoms with Crippen LogP contribution in [0.1, 0.15) is 0 Å². The van der Waals surface area contributed by atoms with Gasteiger partial charge in [-0.15, -0.1) is 0 Å². The molecule has 0 N–H and O–H groups in total. The maximum Gasteiger partial charge on any atom is 0.0727 e. The summed E-state index contributed by atoms with van der Waals surface area (Å²) in [5, 5.41) is 2.35. The molecule has 1 heterocycles. The van der Waals surface area contributed by atoms with Gasteiger partial charge in [-0.3, -0.25) is 0 Å². The van der Waals surface area contributed by atoms with Gasteiger partial charge in [0.2, 0.25) is 0 Å². The van der Waals surface area contributed by atoms with Crippen LogP contribution in [0.4, 0.5) is 0 Å². The predicted octanol–water partition coefficient (Wildman–Crippen LogP) is 5.82. The Balaban J connectivity index is 2.27.